The van der Waals surface area contributed by atoms with Crippen molar-refractivity contribution in [3.05, 3.63) is 54.0 Å². The van der Waals surface area contributed by atoms with Crippen molar-refractivity contribution in [1.29, 1.82) is 0 Å². The second-order valence-electron chi connectivity index (χ2n) is 8.81. The van der Waals surface area contributed by atoms with Crippen LogP contribution in [0.1, 0.15) is 29.3 Å². The third-order valence-corrected chi connectivity index (χ3v) is 6.11. The highest BCUT2D eigenvalue weighted by Crippen LogP contribution is 2.42. The number of amides is 1. The van der Waals surface area contributed by atoms with Crippen molar-refractivity contribution in [2.45, 2.75) is 25.4 Å². The molecular weight excluding hydrogens is 420 g/mol. The van der Waals surface area contributed by atoms with E-state index in [1.807, 2.05) is 37.2 Å². The van der Waals surface area contributed by atoms with Gasteiger partial charge in [-0.3, -0.25) is 9.48 Å². The number of aliphatic imine (C=N–C) groups is 1. The van der Waals surface area contributed by atoms with Crippen molar-refractivity contribution >= 4 is 23.2 Å². The van der Waals surface area contributed by atoms with Crippen LogP contribution in [-0.4, -0.2) is 57.4 Å². The highest BCUT2D eigenvalue weighted by Gasteiger charge is 2.32. The fourth-order valence-corrected chi connectivity index (χ4v) is 4.39. The van der Waals surface area contributed by atoms with E-state index in [1.54, 1.807) is 36.3 Å². The summed E-state index contributed by atoms with van der Waals surface area (Å²) in [7, 11) is 3.50. The first-order valence-corrected chi connectivity index (χ1v) is 10.8. The van der Waals surface area contributed by atoms with Crippen molar-refractivity contribution in [2.24, 2.45) is 12.0 Å². The molecule has 3 aromatic rings. The third-order valence-electron chi connectivity index (χ3n) is 6.11. The zero-order valence-corrected chi connectivity index (χ0v) is 18.9. The number of carbonyl (C=O) groups is 1. The van der Waals surface area contributed by atoms with Crippen LogP contribution in [0.2, 0.25) is 0 Å². The molecule has 1 saturated heterocycles. The van der Waals surface area contributed by atoms with E-state index in [4.69, 9.17) is 9.73 Å². The van der Waals surface area contributed by atoms with Crippen LogP contribution in [-0.2, 0) is 13.5 Å². The topological polar surface area (TPSA) is 105 Å². The van der Waals surface area contributed by atoms with Crippen LogP contribution in [0.4, 0.5) is 11.5 Å². The van der Waals surface area contributed by atoms with E-state index < -0.39 is 5.60 Å². The first-order valence-electron chi connectivity index (χ1n) is 10.8. The Bertz CT molecular complexity index is 1260. The van der Waals surface area contributed by atoms with Crippen molar-refractivity contribution in [3.8, 4) is 16.9 Å². The van der Waals surface area contributed by atoms with Crippen LogP contribution in [0, 0.1) is 0 Å². The minimum Gasteiger partial charge on any atom is -0.496 e. The Hall–Kier alpha value is -3.72. The largest absolute Gasteiger partial charge is 0.496 e. The maximum absolute atomic E-state index is 13.0. The van der Waals surface area contributed by atoms with Crippen molar-refractivity contribution < 1.29 is 14.6 Å². The van der Waals surface area contributed by atoms with Crippen LogP contribution < -0.4 is 15.0 Å². The molecule has 0 bridgehead atoms. The van der Waals surface area contributed by atoms with Crippen LogP contribution in [0.5, 0.6) is 5.75 Å². The normalized spacial score (nSPS) is 19.4. The molecule has 2 aromatic heterocycles. The zero-order valence-electron chi connectivity index (χ0n) is 18.9. The molecule has 1 amide bonds. The van der Waals surface area contributed by atoms with Gasteiger partial charge in [0.15, 0.2) is 0 Å². The monoisotopic (exact) mass is 446 g/mol. The molecule has 1 atom stereocenters. The molecule has 170 valence electrons. The zero-order chi connectivity index (χ0) is 23.2. The molecule has 2 N–H and O–H groups in total. The number of nitrogens with one attached hydrogen (secondary N) is 1. The lowest BCUT2D eigenvalue weighted by Crippen LogP contribution is -2.32. The molecule has 0 radical (unpaired) electrons. The summed E-state index contributed by atoms with van der Waals surface area (Å²) < 4.78 is 7.28. The van der Waals surface area contributed by atoms with E-state index in [9.17, 15) is 9.90 Å². The first kappa shape index (κ1) is 21.1. The molecule has 33 heavy (non-hydrogen) atoms. The van der Waals surface area contributed by atoms with Crippen LogP contribution in [0.15, 0.2) is 47.8 Å². The molecule has 2 aliphatic rings. The molecule has 1 unspecified atom stereocenters. The number of ether oxygens (including phenoxy) is 1. The van der Waals surface area contributed by atoms with E-state index in [0.29, 0.717) is 43.1 Å². The third kappa shape index (κ3) is 4.07. The number of anilines is 1. The second-order valence-corrected chi connectivity index (χ2v) is 8.81. The van der Waals surface area contributed by atoms with E-state index in [1.165, 1.54) is 0 Å². The molecular formula is C24H26N6O3. The van der Waals surface area contributed by atoms with Crippen LogP contribution >= 0.6 is 0 Å². The van der Waals surface area contributed by atoms with E-state index in [2.05, 4.69) is 15.4 Å². The average Bonchev–Trinajstić information content (AvgIpc) is 3.51. The summed E-state index contributed by atoms with van der Waals surface area (Å²) >= 11 is 0. The Labute approximate surface area is 191 Å². The van der Waals surface area contributed by atoms with Crippen LogP contribution in [0.25, 0.3) is 11.1 Å². The molecule has 0 aliphatic carbocycles. The number of aliphatic hydroxyl groups is 1. The number of aromatic nitrogens is 3. The molecule has 9 nitrogen and oxygen atoms in total. The minimum atomic E-state index is -0.741. The number of pyridine rings is 1. The lowest BCUT2D eigenvalue weighted by atomic mass is 10.0. The lowest BCUT2D eigenvalue weighted by molar-refractivity contribution is 0.0839. The van der Waals surface area contributed by atoms with E-state index in [0.717, 1.165) is 28.1 Å². The number of benzene rings is 1. The second kappa shape index (κ2) is 8.00. The Balaban J connectivity index is 1.38. The van der Waals surface area contributed by atoms with E-state index >= 15 is 0 Å². The molecule has 2 aliphatic heterocycles. The Morgan fingerprint density at radius 1 is 1.30 bits per heavy atom. The molecule has 0 saturated carbocycles. The number of hydrogen-bond acceptors (Lipinski definition) is 7. The fourth-order valence-electron chi connectivity index (χ4n) is 4.39. The predicted octanol–water partition coefficient (Wildman–Crippen LogP) is 2.47. The minimum absolute atomic E-state index is 0.252. The van der Waals surface area contributed by atoms with Gasteiger partial charge in [0, 0.05) is 61.2 Å². The first-order chi connectivity index (χ1) is 15.8. The summed E-state index contributed by atoms with van der Waals surface area (Å²) in [5, 5.41) is 17.5. The van der Waals surface area contributed by atoms with Gasteiger partial charge in [0.1, 0.15) is 17.4 Å². The quantitative estimate of drug-likeness (QED) is 0.638. The molecule has 4 heterocycles. The average molecular weight is 447 g/mol. The molecule has 1 fully saturated rings. The fraction of sp³-hybridized carbons (Fsp3) is 0.333. The maximum Gasteiger partial charge on any atom is 0.256 e. The number of carbonyl (C=O) groups excluding carboxylic acids is 1. The number of fused-ring (bicyclic) bond motifs is 1. The summed E-state index contributed by atoms with van der Waals surface area (Å²) in [5.74, 6) is 1.72. The predicted molar refractivity (Wildman–Crippen MR) is 125 cm³/mol. The van der Waals surface area contributed by atoms with Gasteiger partial charge in [-0.05, 0) is 37.6 Å². The molecule has 0 spiro atoms. The van der Waals surface area contributed by atoms with Gasteiger partial charge < -0.3 is 20.1 Å². The van der Waals surface area contributed by atoms with E-state index in [-0.39, 0.29) is 5.91 Å². The van der Waals surface area contributed by atoms with Crippen molar-refractivity contribution in [3.63, 3.8) is 0 Å². The Morgan fingerprint density at radius 2 is 2.15 bits per heavy atom. The van der Waals surface area contributed by atoms with Crippen molar-refractivity contribution in [1.82, 2.24) is 20.1 Å². The number of rotatable bonds is 4. The van der Waals surface area contributed by atoms with Gasteiger partial charge in [-0.15, -0.1) is 0 Å². The number of hydrogen-bond donors (Lipinski definition) is 2. The number of nitrogens with zero attached hydrogens (tertiary/aromatic N) is 5. The van der Waals surface area contributed by atoms with Gasteiger partial charge in [0.2, 0.25) is 0 Å². The summed E-state index contributed by atoms with van der Waals surface area (Å²) in [4.78, 5) is 24.1. The standard InChI is InChI=1S/C24H26N6O3/c1-24(32)7-9-30(14-24)21-10-15(6-8-25-21)23(31)28-20-11-18-19(33-3)5-4-17(22(18)27-20)16-12-26-29(2)13-16/h4-6,8,10,12-13,32H,7,9,11,14H2,1-3H3,(H,27,28,31). The number of amidine groups is 1. The smallest absolute Gasteiger partial charge is 0.256 e. The van der Waals surface area contributed by atoms with Crippen LogP contribution in [0.3, 0.4) is 0 Å². The van der Waals surface area contributed by atoms with Gasteiger partial charge in [-0.2, -0.15) is 5.10 Å². The SMILES string of the molecule is COc1ccc(-c2cnn(C)c2)c2c1CC(NC(=O)c1ccnc(N3CCC(C)(O)C3)c1)=N2. The lowest BCUT2D eigenvalue weighted by Gasteiger charge is -2.20. The Kier molecular flexibility index (Phi) is 5.13. The molecule has 1 aromatic carbocycles. The number of β-amino-alcohol motifs (C(OH)–C–C–N with tert-alkyl or cyclic N) is 1. The van der Waals surface area contributed by atoms with Gasteiger partial charge >= 0.3 is 0 Å². The van der Waals surface area contributed by atoms with Gasteiger partial charge in [0.05, 0.1) is 24.6 Å². The van der Waals surface area contributed by atoms with Gasteiger partial charge in [-0.25, -0.2) is 9.98 Å². The van der Waals surface area contributed by atoms with Crippen molar-refractivity contribution in [2.75, 3.05) is 25.1 Å². The molecule has 5 rings (SSSR count). The maximum atomic E-state index is 13.0. The highest BCUT2D eigenvalue weighted by molar-refractivity contribution is 6.10. The molecule has 9 heteroatoms. The summed E-state index contributed by atoms with van der Waals surface area (Å²) in [6.45, 7) is 3.00. The summed E-state index contributed by atoms with van der Waals surface area (Å²) in [6, 6.07) is 7.31. The van der Waals surface area contributed by atoms with Gasteiger partial charge in [0.25, 0.3) is 5.91 Å². The van der Waals surface area contributed by atoms with Gasteiger partial charge in [-0.1, -0.05) is 0 Å². The highest BCUT2D eigenvalue weighted by atomic mass is 16.5. The Morgan fingerprint density at radius 3 is 2.85 bits per heavy atom. The summed E-state index contributed by atoms with van der Waals surface area (Å²) in [6.07, 6.45) is 6.48. The number of aryl methyl sites for hydroxylation is 1. The number of methoxy groups -OCH3 is 1. The summed E-state index contributed by atoms with van der Waals surface area (Å²) in [5.41, 5.74) is 3.36.